The van der Waals surface area contributed by atoms with Gasteiger partial charge in [-0.25, -0.2) is 15.0 Å². The summed E-state index contributed by atoms with van der Waals surface area (Å²) in [4.78, 5) is 17.4. The van der Waals surface area contributed by atoms with Gasteiger partial charge in [0.25, 0.3) is 0 Å². The van der Waals surface area contributed by atoms with Crippen LogP contribution >= 0.6 is 11.3 Å². The Morgan fingerprint density at radius 3 is 2.95 bits per heavy atom. The van der Waals surface area contributed by atoms with E-state index in [1.54, 1.807) is 36.1 Å². The molecule has 0 aliphatic carbocycles. The third-order valence-corrected chi connectivity index (χ3v) is 4.23. The highest BCUT2D eigenvalue weighted by Crippen LogP contribution is 2.22. The van der Waals surface area contributed by atoms with Gasteiger partial charge < -0.3 is 9.30 Å². The van der Waals surface area contributed by atoms with E-state index >= 15 is 0 Å². The van der Waals surface area contributed by atoms with Gasteiger partial charge in [0.1, 0.15) is 16.8 Å². The van der Waals surface area contributed by atoms with E-state index in [9.17, 15) is 0 Å². The predicted molar refractivity (Wildman–Crippen MR) is 84.5 cm³/mol. The molecular formula is C15H17N5OS. The highest BCUT2D eigenvalue weighted by Gasteiger charge is 2.12. The van der Waals surface area contributed by atoms with Crippen molar-refractivity contribution in [1.82, 2.24) is 24.5 Å². The van der Waals surface area contributed by atoms with Gasteiger partial charge in [0.2, 0.25) is 0 Å². The lowest BCUT2D eigenvalue weighted by atomic mass is 10.4. The summed E-state index contributed by atoms with van der Waals surface area (Å²) in [6, 6.07) is 0. The Bertz CT molecular complexity index is 724. The number of hydrogen-bond acceptors (Lipinski definition) is 6. The molecule has 3 aromatic rings. The average Bonchev–Trinajstić information content (AvgIpc) is 3.18. The monoisotopic (exact) mass is 315 g/mol. The Labute approximate surface area is 132 Å². The standard InChI is InChI=1S/C15H17N5OS/c1-3-21-11(2)15-19-12(10-22-15)9-20-7-6-18-14(20)13-8-16-4-5-17-13/h4-8,10-11H,3,9H2,1-2H3. The van der Waals surface area contributed by atoms with Crippen molar-refractivity contribution in [3.05, 3.63) is 47.1 Å². The van der Waals surface area contributed by atoms with Crippen LogP contribution < -0.4 is 0 Å². The molecule has 0 aliphatic rings. The van der Waals surface area contributed by atoms with Gasteiger partial charge in [-0.3, -0.25) is 4.98 Å². The van der Waals surface area contributed by atoms with Gasteiger partial charge >= 0.3 is 0 Å². The fraction of sp³-hybridized carbons (Fsp3) is 0.333. The molecule has 0 radical (unpaired) electrons. The first kappa shape index (κ1) is 14.8. The summed E-state index contributed by atoms with van der Waals surface area (Å²) >= 11 is 1.62. The van der Waals surface area contributed by atoms with Crippen LogP contribution in [0.4, 0.5) is 0 Å². The summed E-state index contributed by atoms with van der Waals surface area (Å²) in [6.45, 7) is 5.35. The molecule has 0 saturated carbocycles. The van der Waals surface area contributed by atoms with Gasteiger partial charge in [-0.15, -0.1) is 11.3 Å². The van der Waals surface area contributed by atoms with Crippen molar-refractivity contribution in [1.29, 1.82) is 0 Å². The van der Waals surface area contributed by atoms with Crippen molar-refractivity contribution in [2.45, 2.75) is 26.5 Å². The fourth-order valence-electron chi connectivity index (χ4n) is 2.16. The van der Waals surface area contributed by atoms with Gasteiger partial charge in [-0.05, 0) is 13.8 Å². The van der Waals surface area contributed by atoms with Crippen molar-refractivity contribution in [2.24, 2.45) is 0 Å². The summed E-state index contributed by atoms with van der Waals surface area (Å²) < 4.78 is 7.60. The molecule has 0 N–H and O–H groups in total. The van der Waals surface area contributed by atoms with Gasteiger partial charge in [-0.1, -0.05) is 0 Å². The van der Waals surface area contributed by atoms with Crippen LogP contribution in [0.15, 0.2) is 36.4 Å². The van der Waals surface area contributed by atoms with Crippen LogP contribution in [0.1, 0.15) is 30.7 Å². The van der Waals surface area contributed by atoms with E-state index < -0.39 is 0 Å². The molecule has 3 rings (SSSR count). The number of nitrogens with zero attached hydrogens (tertiary/aromatic N) is 5. The van der Waals surface area contributed by atoms with E-state index in [1.165, 1.54) is 0 Å². The van der Waals surface area contributed by atoms with E-state index in [2.05, 4.69) is 25.3 Å². The predicted octanol–water partition coefficient (Wildman–Crippen LogP) is 2.94. The van der Waals surface area contributed by atoms with E-state index in [1.807, 2.05) is 24.6 Å². The van der Waals surface area contributed by atoms with Gasteiger partial charge in [0, 0.05) is 36.8 Å². The number of hydrogen-bond donors (Lipinski definition) is 0. The van der Waals surface area contributed by atoms with Crippen LogP contribution in [0.5, 0.6) is 0 Å². The summed E-state index contributed by atoms with van der Waals surface area (Å²) in [7, 11) is 0. The molecule has 0 fully saturated rings. The van der Waals surface area contributed by atoms with Crippen molar-refractivity contribution in [3.8, 4) is 11.5 Å². The Kier molecular flexibility index (Phi) is 4.55. The molecule has 3 heterocycles. The van der Waals surface area contributed by atoms with E-state index in [0.29, 0.717) is 13.2 Å². The first-order chi connectivity index (χ1) is 10.8. The summed E-state index contributed by atoms with van der Waals surface area (Å²) in [6.07, 6.45) is 8.75. The molecule has 0 bridgehead atoms. The normalized spacial score (nSPS) is 12.5. The number of aromatic nitrogens is 5. The SMILES string of the molecule is CCOC(C)c1nc(Cn2ccnc2-c2cnccn2)cs1. The van der Waals surface area contributed by atoms with E-state index in [0.717, 1.165) is 22.2 Å². The van der Waals surface area contributed by atoms with Crippen molar-refractivity contribution in [3.63, 3.8) is 0 Å². The average molecular weight is 315 g/mol. The quantitative estimate of drug-likeness (QED) is 0.699. The second kappa shape index (κ2) is 6.76. The summed E-state index contributed by atoms with van der Waals surface area (Å²) in [5, 5.41) is 3.06. The molecule has 7 heteroatoms. The van der Waals surface area contributed by atoms with Crippen LogP contribution in [-0.2, 0) is 11.3 Å². The summed E-state index contributed by atoms with van der Waals surface area (Å²) in [5.74, 6) is 0.792. The molecular weight excluding hydrogens is 298 g/mol. The highest BCUT2D eigenvalue weighted by molar-refractivity contribution is 7.09. The second-order valence-corrected chi connectivity index (χ2v) is 5.63. The highest BCUT2D eigenvalue weighted by atomic mass is 32.1. The topological polar surface area (TPSA) is 65.7 Å². The van der Waals surface area contributed by atoms with Gasteiger partial charge in [-0.2, -0.15) is 0 Å². The maximum atomic E-state index is 5.58. The van der Waals surface area contributed by atoms with Crippen LogP contribution in [0, 0.1) is 0 Å². The molecule has 114 valence electrons. The van der Waals surface area contributed by atoms with E-state index in [-0.39, 0.29) is 6.10 Å². The Hall–Kier alpha value is -2.12. The zero-order chi connectivity index (χ0) is 15.4. The molecule has 6 nitrogen and oxygen atoms in total. The summed E-state index contributed by atoms with van der Waals surface area (Å²) in [5.41, 5.74) is 1.75. The van der Waals surface area contributed by atoms with E-state index in [4.69, 9.17) is 4.74 Å². The number of ether oxygens (including phenoxy) is 1. The smallest absolute Gasteiger partial charge is 0.160 e. The zero-order valence-corrected chi connectivity index (χ0v) is 13.3. The van der Waals surface area contributed by atoms with Crippen LogP contribution in [-0.4, -0.2) is 31.1 Å². The fourth-order valence-corrected chi connectivity index (χ4v) is 2.98. The Morgan fingerprint density at radius 2 is 2.18 bits per heavy atom. The van der Waals surface area contributed by atoms with Gasteiger partial charge in [0.05, 0.1) is 18.4 Å². The molecule has 0 aliphatic heterocycles. The third kappa shape index (κ3) is 3.20. The lowest BCUT2D eigenvalue weighted by Crippen LogP contribution is -2.04. The minimum Gasteiger partial charge on any atom is -0.372 e. The van der Waals surface area contributed by atoms with Crippen LogP contribution in [0.2, 0.25) is 0 Å². The molecule has 3 aromatic heterocycles. The second-order valence-electron chi connectivity index (χ2n) is 4.74. The van der Waals surface area contributed by atoms with Crippen molar-refractivity contribution >= 4 is 11.3 Å². The minimum absolute atomic E-state index is 0.0333. The first-order valence-corrected chi connectivity index (χ1v) is 7.99. The number of imidazole rings is 1. The molecule has 1 unspecified atom stereocenters. The maximum Gasteiger partial charge on any atom is 0.160 e. The first-order valence-electron chi connectivity index (χ1n) is 7.11. The molecule has 22 heavy (non-hydrogen) atoms. The lowest BCUT2D eigenvalue weighted by molar-refractivity contribution is 0.0761. The maximum absolute atomic E-state index is 5.58. The largest absolute Gasteiger partial charge is 0.372 e. The molecule has 1 atom stereocenters. The number of thiazole rings is 1. The third-order valence-electron chi connectivity index (χ3n) is 3.17. The molecule has 0 saturated heterocycles. The molecule has 0 aromatic carbocycles. The van der Waals surface area contributed by atoms with Gasteiger partial charge in [0.15, 0.2) is 5.82 Å². The Morgan fingerprint density at radius 1 is 1.27 bits per heavy atom. The number of rotatable bonds is 6. The lowest BCUT2D eigenvalue weighted by Gasteiger charge is -2.07. The molecule has 0 amide bonds. The molecule has 0 spiro atoms. The Balaban J connectivity index is 1.79. The minimum atomic E-state index is 0.0333. The zero-order valence-electron chi connectivity index (χ0n) is 12.5. The van der Waals surface area contributed by atoms with Crippen molar-refractivity contribution < 1.29 is 4.74 Å². The van der Waals surface area contributed by atoms with Crippen molar-refractivity contribution in [2.75, 3.05) is 6.61 Å². The van der Waals surface area contributed by atoms with Crippen LogP contribution in [0.3, 0.4) is 0 Å². The van der Waals surface area contributed by atoms with Crippen LogP contribution in [0.25, 0.3) is 11.5 Å².